The second kappa shape index (κ2) is 15.5. The summed E-state index contributed by atoms with van der Waals surface area (Å²) < 4.78 is 23.2. The molecular formula is C36H41ClN2O9. The Hall–Kier alpha value is -4.61. The van der Waals surface area contributed by atoms with Crippen LogP contribution in [0.3, 0.4) is 0 Å². The second-order valence-corrected chi connectivity index (χ2v) is 12.9. The minimum absolute atomic E-state index is 0.00665. The van der Waals surface area contributed by atoms with Crippen molar-refractivity contribution in [2.75, 3.05) is 37.6 Å². The summed E-state index contributed by atoms with van der Waals surface area (Å²) in [6, 6.07) is 15.8. The van der Waals surface area contributed by atoms with Gasteiger partial charge in [0.15, 0.2) is 11.5 Å². The van der Waals surface area contributed by atoms with Gasteiger partial charge < -0.3 is 34.3 Å². The number of hydrogen-bond donors (Lipinski definition) is 2. The van der Waals surface area contributed by atoms with Crippen molar-refractivity contribution < 1.29 is 43.2 Å². The number of aliphatic carboxylic acids is 1. The lowest BCUT2D eigenvalue weighted by Crippen LogP contribution is -2.46. The summed E-state index contributed by atoms with van der Waals surface area (Å²) in [6.07, 6.45) is -2.13. The number of halogens is 1. The zero-order valence-electron chi connectivity index (χ0n) is 27.9. The summed E-state index contributed by atoms with van der Waals surface area (Å²) in [4.78, 5) is 52.3. The van der Waals surface area contributed by atoms with Crippen LogP contribution in [0.2, 0.25) is 5.02 Å². The second-order valence-electron chi connectivity index (χ2n) is 12.5. The summed E-state index contributed by atoms with van der Waals surface area (Å²) in [7, 11) is 3.02. The fourth-order valence-electron chi connectivity index (χ4n) is 5.64. The number of carboxylic acids is 1. The van der Waals surface area contributed by atoms with Gasteiger partial charge in [-0.2, -0.15) is 0 Å². The number of rotatable bonds is 13. The number of hydrogen-bond acceptors (Lipinski definition) is 8. The highest BCUT2D eigenvalue weighted by molar-refractivity contribution is 6.30. The molecule has 48 heavy (non-hydrogen) atoms. The maximum Gasteiger partial charge on any atom is 0.303 e. The number of esters is 1. The van der Waals surface area contributed by atoms with Crippen LogP contribution in [0, 0.1) is 12.3 Å². The topological polar surface area (TPSA) is 141 Å². The van der Waals surface area contributed by atoms with E-state index in [2.05, 4.69) is 5.32 Å². The fraction of sp³-hybridized carbons (Fsp3) is 0.389. The monoisotopic (exact) mass is 680 g/mol. The predicted molar refractivity (Wildman–Crippen MR) is 181 cm³/mol. The number of carboxylic acid groups (broad SMARTS) is 1. The number of para-hydroxylation sites is 1. The van der Waals surface area contributed by atoms with Crippen LogP contribution < -0.4 is 19.7 Å². The van der Waals surface area contributed by atoms with Gasteiger partial charge in [-0.15, -0.1) is 0 Å². The quantitative estimate of drug-likeness (QED) is 0.204. The average Bonchev–Trinajstić information content (AvgIpc) is 3.13. The molecule has 3 aromatic rings. The molecule has 0 bridgehead atoms. The van der Waals surface area contributed by atoms with Gasteiger partial charge in [0.05, 0.1) is 27.2 Å². The normalized spacial score (nSPS) is 16.1. The summed E-state index contributed by atoms with van der Waals surface area (Å²) in [5.41, 5.74) is 3.07. The van der Waals surface area contributed by atoms with Gasteiger partial charge in [0, 0.05) is 52.8 Å². The number of ether oxygens (including phenoxy) is 4. The Morgan fingerprint density at radius 3 is 2.44 bits per heavy atom. The van der Waals surface area contributed by atoms with E-state index in [1.807, 2.05) is 26.8 Å². The maximum atomic E-state index is 14.5. The molecular weight excluding hydrogens is 640 g/mol. The number of methoxy groups -OCH3 is 2. The molecule has 2 amide bonds. The molecule has 0 fully saturated rings. The average molecular weight is 681 g/mol. The molecule has 1 aliphatic heterocycles. The van der Waals surface area contributed by atoms with Crippen molar-refractivity contribution >= 4 is 46.7 Å². The van der Waals surface area contributed by atoms with Gasteiger partial charge in [-0.05, 0) is 54.8 Å². The first-order valence-corrected chi connectivity index (χ1v) is 15.8. The van der Waals surface area contributed by atoms with E-state index in [-0.39, 0.29) is 26.0 Å². The van der Waals surface area contributed by atoms with Gasteiger partial charge in [-0.1, -0.05) is 49.7 Å². The molecule has 0 saturated carbocycles. The Morgan fingerprint density at radius 2 is 1.79 bits per heavy atom. The van der Waals surface area contributed by atoms with Crippen molar-refractivity contribution in [3.05, 3.63) is 81.9 Å². The van der Waals surface area contributed by atoms with E-state index in [9.17, 15) is 19.2 Å². The summed E-state index contributed by atoms with van der Waals surface area (Å²) in [5, 5.41) is 12.3. The van der Waals surface area contributed by atoms with E-state index >= 15 is 0 Å². The molecule has 3 aromatic carbocycles. The lowest BCUT2D eigenvalue weighted by molar-refractivity contribution is -0.144. The lowest BCUT2D eigenvalue weighted by atomic mass is 9.92. The zero-order valence-corrected chi connectivity index (χ0v) is 28.7. The van der Waals surface area contributed by atoms with Crippen molar-refractivity contribution in [1.82, 2.24) is 0 Å². The van der Waals surface area contributed by atoms with Crippen molar-refractivity contribution in [2.24, 2.45) is 5.41 Å². The van der Waals surface area contributed by atoms with E-state index in [1.165, 1.54) is 21.1 Å². The Balaban J connectivity index is 1.75. The van der Waals surface area contributed by atoms with Crippen LogP contribution in [0.15, 0.2) is 54.6 Å². The van der Waals surface area contributed by atoms with Gasteiger partial charge in [0.2, 0.25) is 5.91 Å². The number of nitrogens with zero attached hydrogens (tertiary/aromatic N) is 1. The summed E-state index contributed by atoms with van der Waals surface area (Å²) in [5.74, 6) is -1.41. The Kier molecular flexibility index (Phi) is 11.7. The van der Waals surface area contributed by atoms with Gasteiger partial charge >= 0.3 is 11.9 Å². The van der Waals surface area contributed by atoms with Crippen molar-refractivity contribution in [2.45, 2.75) is 59.2 Å². The minimum Gasteiger partial charge on any atom is -0.493 e. The minimum atomic E-state index is -1.25. The summed E-state index contributed by atoms with van der Waals surface area (Å²) >= 11 is 6.52. The molecule has 0 saturated heterocycles. The van der Waals surface area contributed by atoms with E-state index in [1.54, 1.807) is 53.4 Å². The molecule has 12 heteroatoms. The van der Waals surface area contributed by atoms with E-state index < -0.39 is 41.4 Å². The van der Waals surface area contributed by atoms with Gasteiger partial charge in [0.1, 0.15) is 12.2 Å². The first-order chi connectivity index (χ1) is 22.7. The predicted octanol–water partition coefficient (Wildman–Crippen LogP) is 6.12. The number of amides is 2. The van der Waals surface area contributed by atoms with Crippen LogP contribution >= 0.6 is 11.6 Å². The number of carbonyl (C=O) groups is 4. The van der Waals surface area contributed by atoms with Crippen molar-refractivity contribution in [1.29, 1.82) is 0 Å². The van der Waals surface area contributed by atoms with Crippen LogP contribution in [-0.4, -0.2) is 62.3 Å². The summed E-state index contributed by atoms with van der Waals surface area (Å²) in [6.45, 7) is 7.06. The Morgan fingerprint density at radius 1 is 1.04 bits per heavy atom. The molecule has 0 radical (unpaired) electrons. The first kappa shape index (κ1) is 36.2. The van der Waals surface area contributed by atoms with Crippen molar-refractivity contribution in [3.63, 3.8) is 0 Å². The van der Waals surface area contributed by atoms with Gasteiger partial charge in [-0.3, -0.25) is 19.2 Å². The molecule has 0 aromatic heterocycles. The van der Waals surface area contributed by atoms with E-state index in [4.69, 9.17) is 35.7 Å². The number of benzene rings is 3. The van der Waals surface area contributed by atoms with Crippen LogP contribution in [0.5, 0.6) is 11.5 Å². The molecule has 2 N–H and O–H groups in total. The highest BCUT2D eigenvalue weighted by Crippen LogP contribution is 2.45. The maximum absolute atomic E-state index is 14.5. The van der Waals surface area contributed by atoms with Crippen molar-refractivity contribution in [3.8, 4) is 11.5 Å². The largest absolute Gasteiger partial charge is 0.493 e. The van der Waals surface area contributed by atoms with E-state index in [0.29, 0.717) is 45.4 Å². The number of nitrogens with one attached hydrogen (secondary N) is 1. The fourth-order valence-corrected chi connectivity index (χ4v) is 5.82. The highest BCUT2D eigenvalue weighted by Gasteiger charge is 2.41. The standard InChI is InChI=1S/C36H41ClN2O9/c1-21-16-23(11-15-32(42)43)10-13-27(21)38-31(41)18-30-35(44)39(19-36(3,4)20-47-22(2)40)28-14-12-24(37)17-26(28)33(48-30)25-8-7-9-29(45-5)34(25)46-6/h7-10,12-14,16-17,30,33H,11,15,18-20H2,1-6H3,(H,38,41)(H,42,43)/t30-,33-/m1/s1. The molecule has 4 rings (SSSR count). The molecule has 1 aliphatic rings. The zero-order chi connectivity index (χ0) is 35.2. The molecule has 1 heterocycles. The molecule has 0 aliphatic carbocycles. The SMILES string of the molecule is COc1cccc([C@H]2O[C@H](CC(=O)Nc3ccc(CCC(=O)O)cc3C)C(=O)N(CC(C)(C)COC(C)=O)c3ccc(Cl)cc32)c1OC. The van der Waals surface area contributed by atoms with Crippen LogP contribution in [0.4, 0.5) is 11.4 Å². The Labute approximate surface area is 285 Å². The molecule has 11 nitrogen and oxygen atoms in total. The Bertz CT molecular complexity index is 1690. The number of aryl methyl sites for hydroxylation is 2. The molecule has 0 unspecified atom stereocenters. The van der Waals surface area contributed by atoms with Gasteiger partial charge in [-0.25, -0.2) is 0 Å². The number of fused-ring (bicyclic) bond motifs is 1. The molecule has 2 atom stereocenters. The van der Waals surface area contributed by atoms with E-state index in [0.717, 1.165) is 11.1 Å². The third-order valence-corrected chi connectivity index (χ3v) is 8.17. The van der Waals surface area contributed by atoms with Crippen LogP contribution in [0.1, 0.15) is 62.0 Å². The number of anilines is 2. The number of carbonyl (C=O) groups excluding carboxylic acids is 3. The highest BCUT2D eigenvalue weighted by atomic mass is 35.5. The van der Waals surface area contributed by atoms with Crippen LogP contribution in [-0.2, 0) is 35.1 Å². The smallest absolute Gasteiger partial charge is 0.303 e. The third-order valence-electron chi connectivity index (χ3n) is 7.94. The third kappa shape index (κ3) is 8.84. The van der Waals surface area contributed by atoms with Crippen LogP contribution in [0.25, 0.3) is 0 Å². The molecule has 256 valence electrons. The van der Waals surface area contributed by atoms with Gasteiger partial charge in [0.25, 0.3) is 5.91 Å². The molecule has 0 spiro atoms. The first-order valence-electron chi connectivity index (χ1n) is 15.4. The lowest BCUT2D eigenvalue weighted by Gasteiger charge is -2.33.